The average molecular weight is 323 g/mol. The van der Waals surface area contributed by atoms with Crippen LogP contribution < -0.4 is 10.6 Å². The number of hydrogen-bond acceptors (Lipinski definition) is 2. The first-order valence-electron chi connectivity index (χ1n) is 7.60. The van der Waals surface area contributed by atoms with Crippen molar-refractivity contribution in [1.82, 2.24) is 5.32 Å². The van der Waals surface area contributed by atoms with Crippen molar-refractivity contribution < 1.29 is 0 Å². The van der Waals surface area contributed by atoms with Crippen LogP contribution in [0.25, 0.3) is 0 Å². The van der Waals surface area contributed by atoms with Gasteiger partial charge in [-0.1, -0.05) is 35.9 Å². The van der Waals surface area contributed by atoms with E-state index in [4.69, 9.17) is 17.5 Å². The molecule has 0 spiro atoms. The maximum absolute atomic E-state index is 8.69. The van der Waals surface area contributed by atoms with E-state index in [0.717, 1.165) is 11.3 Å². The molecule has 0 fully saturated rings. The van der Waals surface area contributed by atoms with Gasteiger partial charge in [0.25, 0.3) is 0 Å². The van der Waals surface area contributed by atoms with E-state index in [1.165, 1.54) is 16.7 Å². The first-order valence-corrected chi connectivity index (χ1v) is 8.01. The Morgan fingerprint density at radius 3 is 2.52 bits per heavy atom. The standard InChI is InChI=1S/C19H21N3S/c1-13-4-5-14(2)18(12-13)15(3)21-19(23)22-17-8-6-16(7-9-17)10-11-20/h4-9,12,15H,10H2,1-3H3,(H2,21,22,23)/t15-/m0/s1. The lowest BCUT2D eigenvalue weighted by molar-refractivity contribution is 0.716. The number of benzene rings is 2. The zero-order valence-corrected chi connectivity index (χ0v) is 14.5. The Hall–Kier alpha value is -2.38. The minimum Gasteiger partial charge on any atom is -0.356 e. The normalized spacial score (nSPS) is 11.4. The van der Waals surface area contributed by atoms with Crippen molar-refractivity contribution in [3.63, 3.8) is 0 Å². The monoisotopic (exact) mass is 323 g/mol. The van der Waals surface area contributed by atoms with E-state index in [0.29, 0.717) is 11.5 Å². The van der Waals surface area contributed by atoms with Crippen LogP contribution in [0.2, 0.25) is 0 Å². The molecule has 2 N–H and O–H groups in total. The molecule has 0 radical (unpaired) electrons. The van der Waals surface area contributed by atoms with E-state index in [-0.39, 0.29) is 6.04 Å². The highest BCUT2D eigenvalue weighted by molar-refractivity contribution is 7.80. The maximum Gasteiger partial charge on any atom is 0.171 e. The third-order valence-corrected chi connectivity index (χ3v) is 3.96. The van der Waals surface area contributed by atoms with Gasteiger partial charge in [0.15, 0.2) is 5.11 Å². The zero-order chi connectivity index (χ0) is 16.8. The van der Waals surface area contributed by atoms with Crippen molar-refractivity contribution in [2.75, 3.05) is 5.32 Å². The lowest BCUT2D eigenvalue weighted by Gasteiger charge is -2.19. The Balaban J connectivity index is 1.98. The fourth-order valence-electron chi connectivity index (χ4n) is 2.47. The molecule has 0 aliphatic heterocycles. The Morgan fingerprint density at radius 2 is 1.87 bits per heavy atom. The van der Waals surface area contributed by atoms with Crippen LogP contribution in [0.4, 0.5) is 5.69 Å². The van der Waals surface area contributed by atoms with Gasteiger partial charge in [0.05, 0.1) is 18.5 Å². The predicted molar refractivity (Wildman–Crippen MR) is 99.4 cm³/mol. The van der Waals surface area contributed by atoms with Crippen LogP contribution in [0.5, 0.6) is 0 Å². The summed E-state index contributed by atoms with van der Waals surface area (Å²) < 4.78 is 0. The molecule has 0 aromatic heterocycles. The second-order valence-corrected chi connectivity index (χ2v) is 6.12. The van der Waals surface area contributed by atoms with E-state index in [1.807, 2.05) is 24.3 Å². The Labute approximate surface area is 143 Å². The van der Waals surface area contributed by atoms with Crippen LogP contribution in [0, 0.1) is 25.2 Å². The number of hydrogen-bond donors (Lipinski definition) is 2. The van der Waals surface area contributed by atoms with Gasteiger partial charge in [-0.05, 0) is 61.8 Å². The van der Waals surface area contributed by atoms with Gasteiger partial charge in [0.2, 0.25) is 0 Å². The topological polar surface area (TPSA) is 47.8 Å². The number of rotatable bonds is 4. The highest BCUT2D eigenvalue weighted by Gasteiger charge is 2.10. The maximum atomic E-state index is 8.69. The Morgan fingerprint density at radius 1 is 1.17 bits per heavy atom. The largest absolute Gasteiger partial charge is 0.356 e. The minimum absolute atomic E-state index is 0.132. The summed E-state index contributed by atoms with van der Waals surface area (Å²) in [5.41, 5.74) is 5.65. The molecular formula is C19H21N3S. The number of nitriles is 1. The molecule has 118 valence electrons. The van der Waals surface area contributed by atoms with Crippen LogP contribution in [0.15, 0.2) is 42.5 Å². The highest BCUT2D eigenvalue weighted by atomic mass is 32.1. The molecule has 3 nitrogen and oxygen atoms in total. The molecular weight excluding hydrogens is 302 g/mol. The molecule has 2 aromatic rings. The molecule has 0 saturated carbocycles. The van der Waals surface area contributed by atoms with Gasteiger partial charge in [0, 0.05) is 5.69 Å². The van der Waals surface area contributed by atoms with Gasteiger partial charge in [0.1, 0.15) is 0 Å². The fraction of sp³-hybridized carbons (Fsp3) is 0.263. The molecule has 2 aromatic carbocycles. The predicted octanol–water partition coefficient (Wildman–Crippen LogP) is 4.42. The molecule has 0 unspecified atom stereocenters. The van der Waals surface area contributed by atoms with Crippen LogP contribution in [0.1, 0.15) is 35.2 Å². The van der Waals surface area contributed by atoms with Crippen molar-refractivity contribution in [3.05, 3.63) is 64.7 Å². The van der Waals surface area contributed by atoms with E-state index in [9.17, 15) is 0 Å². The molecule has 0 heterocycles. The van der Waals surface area contributed by atoms with E-state index in [2.05, 4.69) is 55.7 Å². The Bertz CT molecular complexity index is 729. The number of thiocarbonyl (C=S) groups is 1. The van der Waals surface area contributed by atoms with Gasteiger partial charge in [-0.25, -0.2) is 0 Å². The average Bonchev–Trinajstić information content (AvgIpc) is 2.51. The number of nitrogens with one attached hydrogen (secondary N) is 2. The first kappa shape index (κ1) is 17.0. The second-order valence-electron chi connectivity index (χ2n) is 5.71. The van der Waals surface area contributed by atoms with E-state index < -0.39 is 0 Å². The van der Waals surface area contributed by atoms with Crippen molar-refractivity contribution in [2.24, 2.45) is 0 Å². The quantitative estimate of drug-likeness (QED) is 0.818. The van der Waals surface area contributed by atoms with Gasteiger partial charge in [-0.3, -0.25) is 0 Å². The van der Waals surface area contributed by atoms with Gasteiger partial charge >= 0.3 is 0 Å². The molecule has 0 aliphatic carbocycles. The SMILES string of the molecule is Cc1ccc(C)c([C@H](C)NC(=S)Nc2ccc(CC#N)cc2)c1. The summed E-state index contributed by atoms with van der Waals surface area (Å²) in [6.07, 6.45) is 0.423. The van der Waals surface area contributed by atoms with Gasteiger partial charge in [-0.15, -0.1) is 0 Å². The second kappa shape index (κ2) is 7.75. The van der Waals surface area contributed by atoms with Crippen LogP contribution in [0.3, 0.4) is 0 Å². The van der Waals surface area contributed by atoms with E-state index >= 15 is 0 Å². The minimum atomic E-state index is 0.132. The number of anilines is 1. The smallest absolute Gasteiger partial charge is 0.171 e. The summed E-state index contributed by atoms with van der Waals surface area (Å²) in [6.45, 7) is 6.30. The lowest BCUT2D eigenvalue weighted by atomic mass is 10.0. The van der Waals surface area contributed by atoms with Gasteiger partial charge in [-0.2, -0.15) is 5.26 Å². The zero-order valence-electron chi connectivity index (χ0n) is 13.7. The fourth-order valence-corrected chi connectivity index (χ4v) is 2.76. The third-order valence-electron chi connectivity index (χ3n) is 3.74. The molecule has 0 saturated heterocycles. The molecule has 1 atom stereocenters. The molecule has 23 heavy (non-hydrogen) atoms. The summed E-state index contributed by atoms with van der Waals surface area (Å²) in [6, 6.07) is 16.4. The third kappa shape index (κ3) is 4.80. The van der Waals surface area contributed by atoms with Crippen LogP contribution in [-0.4, -0.2) is 5.11 Å². The van der Waals surface area contributed by atoms with Crippen LogP contribution >= 0.6 is 12.2 Å². The molecule has 0 amide bonds. The highest BCUT2D eigenvalue weighted by Crippen LogP contribution is 2.19. The Kier molecular flexibility index (Phi) is 5.72. The van der Waals surface area contributed by atoms with Crippen LogP contribution in [-0.2, 0) is 6.42 Å². The molecule has 0 bridgehead atoms. The number of aryl methyl sites for hydroxylation is 2. The first-order chi connectivity index (χ1) is 11.0. The summed E-state index contributed by atoms with van der Waals surface area (Å²) in [4.78, 5) is 0. The van der Waals surface area contributed by atoms with Crippen molar-refractivity contribution >= 4 is 23.0 Å². The molecule has 2 rings (SSSR count). The van der Waals surface area contributed by atoms with E-state index in [1.54, 1.807) is 0 Å². The molecule has 4 heteroatoms. The lowest BCUT2D eigenvalue weighted by Crippen LogP contribution is -2.31. The summed E-state index contributed by atoms with van der Waals surface area (Å²) in [5, 5.41) is 15.8. The summed E-state index contributed by atoms with van der Waals surface area (Å²) >= 11 is 5.40. The van der Waals surface area contributed by atoms with Crippen molar-refractivity contribution in [3.8, 4) is 6.07 Å². The van der Waals surface area contributed by atoms with Crippen molar-refractivity contribution in [2.45, 2.75) is 33.2 Å². The molecule has 0 aliphatic rings. The van der Waals surface area contributed by atoms with Gasteiger partial charge < -0.3 is 10.6 Å². The summed E-state index contributed by atoms with van der Waals surface area (Å²) in [7, 11) is 0. The van der Waals surface area contributed by atoms with Crippen molar-refractivity contribution in [1.29, 1.82) is 5.26 Å². The number of nitrogens with zero attached hydrogens (tertiary/aromatic N) is 1. The summed E-state index contributed by atoms with van der Waals surface area (Å²) in [5.74, 6) is 0.